The Balaban J connectivity index is 1.74. The highest BCUT2D eigenvalue weighted by Crippen LogP contribution is 2.31. The van der Waals surface area contributed by atoms with Crippen molar-refractivity contribution in [2.24, 2.45) is 0 Å². The van der Waals surface area contributed by atoms with E-state index >= 15 is 0 Å². The van der Waals surface area contributed by atoms with E-state index in [1.807, 2.05) is 53.9 Å². The number of anilines is 1. The van der Waals surface area contributed by atoms with E-state index in [9.17, 15) is 4.79 Å². The summed E-state index contributed by atoms with van der Waals surface area (Å²) in [6.45, 7) is 6.42. The SMILES string of the molecule is COc1ccc(C(C)(C)C)cc1NC(=O)Cc1csc(-c2ccccc2)n1. The molecular weight excluding hydrogens is 356 g/mol. The summed E-state index contributed by atoms with van der Waals surface area (Å²) in [5.41, 5.74) is 3.65. The fourth-order valence-electron chi connectivity index (χ4n) is 2.73. The van der Waals surface area contributed by atoms with Gasteiger partial charge in [-0.25, -0.2) is 4.98 Å². The predicted octanol–water partition coefficient (Wildman–Crippen LogP) is 5.30. The zero-order chi connectivity index (χ0) is 19.4. The summed E-state index contributed by atoms with van der Waals surface area (Å²) in [4.78, 5) is 17.1. The van der Waals surface area contributed by atoms with Crippen LogP contribution in [0, 0.1) is 0 Å². The summed E-state index contributed by atoms with van der Waals surface area (Å²) in [6.07, 6.45) is 0.228. The van der Waals surface area contributed by atoms with Gasteiger partial charge in [0.1, 0.15) is 10.8 Å². The molecule has 0 radical (unpaired) electrons. The topological polar surface area (TPSA) is 51.2 Å². The Bertz CT molecular complexity index is 927. The van der Waals surface area contributed by atoms with E-state index in [4.69, 9.17) is 4.74 Å². The lowest BCUT2D eigenvalue weighted by Crippen LogP contribution is -2.17. The van der Waals surface area contributed by atoms with Crippen LogP contribution in [-0.4, -0.2) is 18.0 Å². The maximum Gasteiger partial charge on any atom is 0.230 e. The molecule has 3 rings (SSSR count). The molecule has 0 aliphatic carbocycles. The van der Waals surface area contributed by atoms with Crippen LogP contribution >= 0.6 is 11.3 Å². The van der Waals surface area contributed by atoms with Gasteiger partial charge in [-0.15, -0.1) is 11.3 Å². The highest BCUT2D eigenvalue weighted by Gasteiger charge is 2.17. The highest BCUT2D eigenvalue weighted by molar-refractivity contribution is 7.13. The number of rotatable bonds is 5. The lowest BCUT2D eigenvalue weighted by atomic mass is 9.87. The lowest BCUT2D eigenvalue weighted by molar-refractivity contribution is -0.115. The minimum absolute atomic E-state index is 0.00868. The van der Waals surface area contributed by atoms with Crippen molar-refractivity contribution in [3.05, 3.63) is 65.2 Å². The largest absolute Gasteiger partial charge is 0.495 e. The van der Waals surface area contributed by atoms with Crippen molar-refractivity contribution in [1.29, 1.82) is 0 Å². The minimum Gasteiger partial charge on any atom is -0.495 e. The number of carbonyl (C=O) groups excluding carboxylic acids is 1. The van der Waals surface area contributed by atoms with Gasteiger partial charge >= 0.3 is 0 Å². The lowest BCUT2D eigenvalue weighted by Gasteiger charge is -2.21. The number of thiazole rings is 1. The number of aromatic nitrogens is 1. The molecule has 0 fully saturated rings. The summed E-state index contributed by atoms with van der Waals surface area (Å²) >= 11 is 1.55. The van der Waals surface area contributed by atoms with Crippen molar-refractivity contribution < 1.29 is 9.53 Å². The van der Waals surface area contributed by atoms with Crippen LogP contribution in [0.2, 0.25) is 0 Å². The quantitative estimate of drug-likeness (QED) is 0.654. The standard InChI is InChI=1S/C22H24N2O2S/c1-22(2,3)16-10-11-19(26-4)18(12-16)24-20(25)13-17-14-27-21(23-17)15-8-6-5-7-9-15/h5-12,14H,13H2,1-4H3,(H,24,25). The van der Waals surface area contributed by atoms with Crippen LogP contribution in [0.3, 0.4) is 0 Å². The van der Waals surface area contributed by atoms with Gasteiger partial charge in [0.2, 0.25) is 5.91 Å². The maximum atomic E-state index is 12.6. The number of hydrogen-bond donors (Lipinski definition) is 1. The Morgan fingerprint density at radius 2 is 1.89 bits per heavy atom. The molecule has 4 nitrogen and oxygen atoms in total. The van der Waals surface area contributed by atoms with Gasteiger partial charge in [0.15, 0.2) is 0 Å². The van der Waals surface area contributed by atoms with E-state index in [1.165, 1.54) is 0 Å². The Hall–Kier alpha value is -2.66. The van der Waals surface area contributed by atoms with Crippen molar-refractivity contribution in [2.75, 3.05) is 12.4 Å². The molecular formula is C22H24N2O2S. The molecule has 1 heterocycles. The number of hydrogen-bond acceptors (Lipinski definition) is 4. The van der Waals surface area contributed by atoms with E-state index in [2.05, 4.69) is 31.1 Å². The fraction of sp³-hybridized carbons (Fsp3) is 0.273. The first-order valence-electron chi connectivity index (χ1n) is 8.85. The first-order chi connectivity index (χ1) is 12.9. The van der Waals surface area contributed by atoms with Crippen molar-refractivity contribution in [3.8, 4) is 16.3 Å². The summed E-state index contributed by atoms with van der Waals surface area (Å²) in [7, 11) is 1.61. The van der Waals surface area contributed by atoms with Crippen LogP contribution < -0.4 is 10.1 Å². The maximum absolute atomic E-state index is 12.6. The van der Waals surface area contributed by atoms with Crippen LogP contribution in [0.4, 0.5) is 5.69 Å². The molecule has 0 spiro atoms. The number of carbonyl (C=O) groups is 1. The van der Waals surface area contributed by atoms with E-state index in [0.717, 1.165) is 21.8 Å². The van der Waals surface area contributed by atoms with Gasteiger partial charge in [-0.3, -0.25) is 4.79 Å². The first-order valence-corrected chi connectivity index (χ1v) is 9.73. The average Bonchev–Trinajstić information content (AvgIpc) is 3.10. The Morgan fingerprint density at radius 3 is 2.56 bits per heavy atom. The van der Waals surface area contributed by atoms with Crippen molar-refractivity contribution in [3.63, 3.8) is 0 Å². The Kier molecular flexibility index (Phi) is 5.61. The molecule has 0 unspecified atom stereocenters. The molecule has 3 aromatic rings. The van der Waals surface area contributed by atoms with Gasteiger partial charge in [-0.2, -0.15) is 0 Å². The minimum atomic E-state index is -0.107. The summed E-state index contributed by atoms with van der Waals surface area (Å²) < 4.78 is 5.40. The van der Waals surface area contributed by atoms with Crippen LogP contribution in [0.25, 0.3) is 10.6 Å². The zero-order valence-electron chi connectivity index (χ0n) is 16.1. The summed E-state index contributed by atoms with van der Waals surface area (Å²) in [5, 5.41) is 5.83. The van der Waals surface area contributed by atoms with Crippen molar-refractivity contribution in [2.45, 2.75) is 32.6 Å². The smallest absolute Gasteiger partial charge is 0.230 e. The van der Waals surface area contributed by atoms with Crippen molar-refractivity contribution in [1.82, 2.24) is 4.98 Å². The molecule has 140 valence electrons. The molecule has 0 bridgehead atoms. The summed E-state index contributed by atoms with van der Waals surface area (Å²) in [6, 6.07) is 15.9. The van der Waals surface area contributed by atoms with E-state index in [0.29, 0.717) is 11.4 Å². The number of amides is 1. The number of methoxy groups -OCH3 is 1. The Morgan fingerprint density at radius 1 is 1.15 bits per heavy atom. The molecule has 1 aromatic heterocycles. The molecule has 0 saturated heterocycles. The average molecular weight is 381 g/mol. The number of benzene rings is 2. The summed E-state index contributed by atoms with van der Waals surface area (Å²) in [5.74, 6) is 0.545. The molecule has 1 amide bonds. The molecule has 5 heteroatoms. The normalized spacial score (nSPS) is 11.3. The molecule has 1 N–H and O–H groups in total. The second-order valence-electron chi connectivity index (χ2n) is 7.40. The number of ether oxygens (including phenoxy) is 1. The van der Waals surface area contributed by atoms with Gasteiger partial charge < -0.3 is 10.1 Å². The highest BCUT2D eigenvalue weighted by atomic mass is 32.1. The van der Waals surface area contributed by atoms with E-state index in [1.54, 1.807) is 18.4 Å². The zero-order valence-corrected chi connectivity index (χ0v) is 16.9. The van der Waals surface area contributed by atoms with Crippen LogP contribution in [0.15, 0.2) is 53.9 Å². The van der Waals surface area contributed by atoms with Crippen LogP contribution in [0.5, 0.6) is 5.75 Å². The molecule has 27 heavy (non-hydrogen) atoms. The fourth-order valence-corrected chi connectivity index (χ4v) is 3.56. The molecule has 0 aliphatic heterocycles. The predicted molar refractivity (Wildman–Crippen MR) is 112 cm³/mol. The second-order valence-corrected chi connectivity index (χ2v) is 8.26. The van der Waals surface area contributed by atoms with Gasteiger partial charge in [0, 0.05) is 10.9 Å². The second kappa shape index (κ2) is 7.92. The molecule has 0 saturated carbocycles. The monoisotopic (exact) mass is 380 g/mol. The molecule has 0 atom stereocenters. The van der Waals surface area contributed by atoms with E-state index < -0.39 is 0 Å². The number of nitrogens with zero attached hydrogens (tertiary/aromatic N) is 1. The third-order valence-corrected chi connectivity index (χ3v) is 5.19. The van der Waals surface area contributed by atoms with E-state index in [-0.39, 0.29) is 17.7 Å². The number of nitrogens with one attached hydrogen (secondary N) is 1. The Labute approximate surface area is 164 Å². The first kappa shape index (κ1) is 19.1. The van der Waals surface area contributed by atoms with Crippen LogP contribution in [-0.2, 0) is 16.6 Å². The third kappa shape index (κ3) is 4.74. The van der Waals surface area contributed by atoms with Gasteiger partial charge in [-0.1, -0.05) is 57.2 Å². The van der Waals surface area contributed by atoms with Crippen LogP contribution in [0.1, 0.15) is 32.0 Å². The van der Waals surface area contributed by atoms with Gasteiger partial charge in [-0.05, 0) is 23.1 Å². The van der Waals surface area contributed by atoms with Gasteiger partial charge in [0.05, 0.1) is 24.9 Å². The van der Waals surface area contributed by atoms with Gasteiger partial charge in [0.25, 0.3) is 0 Å². The molecule has 2 aromatic carbocycles. The third-order valence-electron chi connectivity index (χ3n) is 4.25. The molecule has 0 aliphatic rings. The van der Waals surface area contributed by atoms with Crippen molar-refractivity contribution >= 4 is 22.9 Å².